The van der Waals surface area contributed by atoms with Crippen LogP contribution in [0.2, 0.25) is 19.6 Å². The van der Waals surface area contributed by atoms with E-state index in [0.717, 1.165) is 0 Å². The van der Waals surface area contributed by atoms with E-state index in [9.17, 15) is 4.79 Å². The highest BCUT2D eigenvalue weighted by Crippen LogP contribution is 2.34. The maximum absolute atomic E-state index is 12.7. The highest BCUT2D eigenvalue weighted by Gasteiger charge is 2.35. The van der Waals surface area contributed by atoms with Gasteiger partial charge in [-0.2, -0.15) is 0 Å². The van der Waals surface area contributed by atoms with Crippen molar-refractivity contribution < 1.29 is 9.53 Å². The third-order valence-corrected chi connectivity index (χ3v) is 6.98. The van der Waals surface area contributed by atoms with Gasteiger partial charge in [-0.15, -0.1) is 0 Å². The predicted molar refractivity (Wildman–Crippen MR) is 117 cm³/mol. The van der Waals surface area contributed by atoms with Crippen LogP contribution in [-0.2, 0) is 9.53 Å². The smallest absolute Gasteiger partial charge is 0.308 e. The Kier molecular flexibility index (Phi) is 6.54. The lowest BCUT2D eigenvalue weighted by Gasteiger charge is -2.44. The number of ether oxygens (including phenoxy) is 1. The van der Waals surface area contributed by atoms with Crippen molar-refractivity contribution in [1.82, 2.24) is 4.57 Å². The average Bonchev–Trinajstić information content (AvgIpc) is 2.50. The first-order valence-electron chi connectivity index (χ1n) is 9.87. The summed E-state index contributed by atoms with van der Waals surface area (Å²) in [7, 11) is -1.66. The van der Waals surface area contributed by atoms with E-state index in [2.05, 4.69) is 80.5 Å². The Morgan fingerprint density at radius 1 is 1.04 bits per heavy atom. The first kappa shape index (κ1) is 21.6. The summed E-state index contributed by atoms with van der Waals surface area (Å²) < 4.78 is 8.23. The Hall–Kier alpha value is -1.65. The third-order valence-electron chi connectivity index (χ3n) is 4.61. The maximum Gasteiger partial charge on any atom is 0.308 e. The van der Waals surface area contributed by atoms with E-state index in [-0.39, 0.29) is 12.0 Å². The van der Waals surface area contributed by atoms with E-state index in [1.165, 1.54) is 16.3 Å². The standard InChI is InChI=1S/C23H35NO2Si/c1-17(2)24(27(6,7)8)21(16-22(25)26-23(3,4)5)20-14-13-18-11-9-10-12-19(18)15-20/h9-15,17,21H,16H2,1-8H3/t21-/m1/s1. The van der Waals surface area contributed by atoms with Gasteiger partial charge in [0.1, 0.15) is 13.8 Å². The number of nitrogens with zero attached hydrogens (tertiary/aromatic N) is 1. The van der Waals surface area contributed by atoms with Crippen molar-refractivity contribution in [3.63, 3.8) is 0 Å². The molecular formula is C23H35NO2Si. The Bertz CT molecular complexity index is 787. The molecule has 0 heterocycles. The Balaban J connectivity index is 2.48. The van der Waals surface area contributed by atoms with Gasteiger partial charge < -0.3 is 9.30 Å². The number of hydrogen-bond donors (Lipinski definition) is 0. The van der Waals surface area contributed by atoms with Crippen LogP contribution in [0.5, 0.6) is 0 Å². The molecule has 0 saturated heterocycles. The normalized spacial score (nSPS) is 14.0. The van der Waals surface area contributed by atoms with E-state index < -0.39 is 13.8 Å². The topological polar surface area (TPSA) is 29.5 Å². The van der Waals surface area contributed by atoms with Crippen molar-refractivity contribution in [3.8, 4) is 0 Å². The number of benzene rings is 2. The van der Waals surface area contributed by atoms with Crippen molar-refractivity contribution in [3.05, 3.63) is 48.0 Å². The van der Waals surface area contributed by atoms with E-state index in [0.29, 0.717) is 12.5 Å². The molecule has 2 aromatic carbocycles. The Morgan fingerprint density at radius 3 is 2.15 bits per heavy atom. The second-order valence-corrected chi connectivity index (χ2v) is 14.4. The molecule has 0 aromatic heterocycles. The highest BCUT2D eigenvalue weighted by molar-refractivity contribution is 6.73. The molecule has 0 unspecified atom stereocenters. The minimum atomic E-state index is -1.66. The molecule has 2 rings (SSSR count). The fourth-order valence-electron chi connectivity index (χ4n) is 3.93. The summed E-state index contributed by atoms with van der Waals surface area (Å²) >= 11 is 0. The summed E-state index contributed by atoms with van der Waals surface area (Å²) in [6, 6.07) is 15.3. The second-order valence-electron chi connectivity index (χ2n) is 9.58. The van der Waals surface area contributed by atoms with Crippen LogP contribution in [0.25, 0.3) is 10.8 Å². The van der Waals surface area contributed by atoms with E-state index in [1.807, 2.05) is 20.8 Å². The van der Waals surface area contributed by atoms with E-state index >= 15 is 0 Å². The lowest BCUT2D eigenvalue weighted by Crippen LogP contribution is -2.52. The zero-order valence-corrected chi connectivity index (χ0v) is 19.2. The van der Waals surface area contributed by atoms with Gasteiger partial charge in [-0.05, 0) is 49.2 Å². The first-order valence-corrected chi connectivity index (χ1v) is 13.3. The molecule has 0 amide bonds. The minimum Gasteiger partial charge on any atom is -0.460 e. The zero-order valence-electron chi connectivity index (χ0n) is 18.2. The summed E-state index contributed by atoms with van der Waals surface area (Å²) in [5.74, 6) is -0.135. The van der Waals surface area contributed by atoms with E-state index in [1.54, 1.807) is 0 Å². The molecule has 2 aromatic rings. The monoisotopic (exact) mass is 385 g/mol. The molecule has 1 atom stereocenters. The lowest BCUT2D eigenvalue weighted by atomic mass is 9.99. The van der Waals surface area contributed by atoms with Crippen LogP contribution in [0.4, 0.5) is 0 Å². The number of fused-ring (bicyclic) bond motifs is 1. The molecule has 148 valence electrons. The minimum absolute atomic E-state index is 0.0242. The largest absolute Gasteiger partial charge is 0.460 e. The van der Waals surface area contributed by atoms with Crippen LogP contribution in [-0.4, -0.2) is 30.4 Å². The number of carbonyl (C=O) groups excluding carboxylic acids is 1. The zero-order chi connectivity index (χ0) is 20.4. The number of esters is 1. The summed E-state index contributed by atoms with van der Waals surface area (Å²) in [6.07, 6.45) is 0.373. The van der Waals surface area contributed by atoms with Gasteiger partial charge in [0, 0.05) is 6.04 Å². The molecule has 0 aliphatic carbocycles. The van der Waals surface area contributed by atoms with Crippen LogP contribution < -0.4 is 0 Å². The van der Waals surface area contributed by atoms with Gasteiger partial charge in [0.2, 0.25) is 0 Å². The molecule has 0 N–H and O–H groups in total. The quantitative estimate of drug-likeness (QED) is 0.440. The Labute approximate surface area is 165 Å². The predicted octanol–water partition coefficient (Wildman–Crippen LogP) is 6.16. The lowest BCUT2D eigenvalue weighted by molar-refractivity contribution is -0.156. The molecule has 27 heavy (non-hydrogen) atoms. The van der Waals surface area contributed by atoms with Crippen LogP contribution in [0.15, 0.2) is 42.5 Å². The second kappa shape index (κ2) is 8.15. The third kappa shape index (κ3) is 5.91. The molecule has 0 fully saturated rings. The van der Waals surface area contributed by atoms with Crippen LogP contribution >= 0.6 is 0 Å². The summed E-state index contributed by atoms with van der Waals surface area (Å²) in [6.45, 7) is 17.3. The summed E-state index contributed by atoms with van der Waals surface area (Å²) in [5.41, 5.74) is 0.725. The molecule has 3 nitrogen and oxygen atoms in total. The summed E-state index contributed by atoms with van der Waals surface area (Å²) in [4.78, 5) is 12.7. The first-order chi connectivity index (χ1) is 12.4. The van der Waals surface area contributed by atoms with E-state index in [4.69, 9.17) is 4.74 Å². The van der Waals surface area contributed by atoms with Crippen LogP contribution in [0, 0.1) is 0 Å². The van der Waals surface area contributed by atoms with Crippen molar-refractivity contribution >= 4 is 25.0 Å². The molecular weight excluding hydrogens is 350 g/mol. The Morgan fingerprint density at radius 2 is 1.63 bits per heavy atom. The van der Waals surface area contributed by atoms with Crippen LogP contribution in [0.3, 0.4) is 0 Å². The summed E-state index contributed by atoms with van der Waals surface area (Å²) in [5, 5.41) is 2.44. The fraction of sp³-hybridized carbons (Fsp3) is 0.522. The highest BCUT2D eigenvalue weighted by atomic mass is 28.3. The fourth-order valence-corrected chi connectivity index (χ4v) is 6.66. The SMILES string of the molecule is CC(C)N([C@H](CC(=O)OC(C)(C)C)c1ccc2ccccc2c1)[Si](C)(C)C. The number of rotatable bonds is 6. The van der Waals surface area contributed by atoms with Crippen LogP contribution in [0.1, 0.15) is 52.6 Å². The average molecular weight is 386 g/mol. The molecule has 0 radical (unpaired) electrons. The van der Waals surface area contributed by atoms with Crippen molar-refractivity contribution in [2.24, 2.45) is 0 Å². The van der Waals surface area contributed by atoms with Crippen molar-refractivity contribution in [1.29, 1.82) is 0 Å². The van der Waals surface area contributed by atoms with Gasteiger partial charge >= 0.3 is 5.97 Å². The molecule has 0 aliphatic heterocycles. The maximum atomic E-state index is 12.7. The number of hydrogen-bond acceptors (Lipinski definition) is 3. The molecule has 4 heteroatoms. The molecule has 0 aliphatic rings. The number of carbonyl (C=O) groups is 1. The van der Waals surface area contributed by atoms with Crippen molar-refractivity contribution in [2.45, 2.75) is 78.4 Å². The van der Waals surface area contributed by atoms with Gasteiger partial charge in [0.15, 0.2) is 0 Å². The molecule has 0 spiro atoms. The van der Waals surface area contributed by atoms with Gasteiger partial charge in [0.05, 0.1) is 6.42 Å². The van der Waals surface area contributed by atoms with Gasteiger partial charge in [-0.3, -0.25) is 4.79 Å². The van der Waals surface area contributed by atoms with Crippen molar-refractivity contribution in [2.75, 3.05) is 0 Å². The van der Waals surface area contributed by atoms with Gasteiger partial charge in [0.25, 0.3) is 0 Å². The van der Waals surface area contributed by atoms with Gasteiger partial charge in [-0.25, -0.2) is 0 Å². The molecule has 0 bridgehead atoms. The molecule has 0 saturated carbocycles. The van der Waals surface area contributed by atoms with Gasteiger partial charge in [-0.1, -0.05) is 69.9 Å².